The highest BCUT2D eigenvalue weighted by Crippen LogP contribution is 2.06. The van der Waals surface area contributed by atoms with Crippen LogP contribution in [0, 0.1) is 5.92 Å². The lowest BCUT2D eigenvalue weighted by molar-refractivity contribution is 0.181. The molecular weight excluding hydrogens is 118 g/mol. The summed E-state index contributed by atoms with van der Waals surface area (Å²) in [6.07, 6.45) is 0.530. The Morgan fingerprint density at radius 1 is 1.44 bits per heavy atom. The SMILES string of the molecule is CC(C)CC(N)=C(O)O. The number of hydrogen-bond acceptors (Lipinski definition) is 3. The van der Waals surface area contributed by atoms with Gasteiger partial charge in [-0.3, -0.25) is 0 Å². The van der Waals surface area contributed by atoms with Crippen LogP contribution in [-0.4, -0.2) is 10.2 Å². The Morgan fingerprint density at radius 3 is 2.00 bits per heavy atom. The topological polar surface area (TPSA) is 66.5 Å². The summed E-state index contributed by atoms with van der Waals surface area (Å²) in [4.78, 5) is 0. The summed E-state index contributed by atoms with van der Waals surface area (Å²) in [5.41, 5.74) is 5.35. The molecule has 0 aromatic carbocycles. The Bertz CT molecular complexity index is 114. The van der Waals surface area contributed by atoms with Gasteiger partial charge in [-0.05, 0) is 12.3 Å². The summed E-state index contributed by atoms with van der Waals surface area (Å²) in [7, 11) is 0. The maximum Gasteiger partial charge on any atom is 0.293 e. The van der Waals surface area contributed by atoms with Crippen molar-refractivity contribution in [2.75, 3.05) is 0 Å². The van der Waals surface area contributed by atoms with E-state index in [1.54, 1.807) is 0 Å². The number of allylic oxidation sites excluding steroid dienone is 1. The van der Waals surface area contributed by atoms with Gasteiger partial charge in [-0.1, -0.05) is 13.8 Å². The lowest BCUT2D eigenvalue weighted by Gasteiger charge is -2.02. The van der Waals surface area contributed by atoms with Crippen molar-refractivity contribution in [1.82, 2.24) is 0 Å². The average Bonchev–Trinajstić information content (AvgIpc) is 1.63. The molecule has 0 aliphatic heterocycles. The van der Waals surface area contributed by atoms with E-state index < -0.39 is 5.95 Å². The molecule has 0 aliphatic carbocycles. The molecule has 0 rings (SSSR count). The summed E-state index contributed by atoms with van der Waals surface area (Å²) in [5, 5.41) is 16.8. The van der Waals surface area contributed by atoms with Crippen molar-refractivity contribution in [3.8, 4) is 0 Å². The predicted octanol–water partition coefficient (Wildman–Crippen LogP) is 1.28. The molecule has 0 aromatic rings. The minimum atomic E-state index is -0.747. The average molecular weight is 131 g/mol. The Morgan fingerprint density at radius 2 is 1.89 bits per heavy atom. The van der Waals surface area contributed by atoms with E-state index >= 15 is 0 Å². The van der Waals surface area contributed by atoms with Crippen LogP contribution in [-0.2, 0) is 0 Å². The molecular formula is C6H13NO2. The van der Waals surface area contributed by atoms with E-state index in [1.165, 1.54) is 0 Å². The highest BCUT2D eigenvalue weighted by Gasteiger charge is 2.00. The van der Waals surface area contributed by atoms with E-state index in [0.29, 0.717) is 12.3 Å². The number of aliphatic hydroxyl groups is 2. The van der Waals surface area contributed by atoms with Crippen molar-refractivity contribution in [3.05, 3.63) is 11.6 Å². The minimum Gasteiger partial charge on any atom is -0.480 e. The number of nitrogens with two attached hydrogens (primary N) is 1. The van der Waals surface area contributed by atoms with Gasteiger partial charge < -0.3 is 15.9 Å². The van der Waals surface area contributed by atoms with Crippen LogP contribution in [0.2, 0.25) is 0 Å². The van der Waals surface area contributed by atoms with Crippen LogP contribution >= 0.6 is 0 Å². The van der Waals surface area contributed by atoms with Gasteiger partial charge in [0.05, 0.1) is 5.70 Å². The van der Waals surface area contributed by atoms with E-state index in [-0.39, 0.29) is 5.70 Å². The largest absolute Gasteiger partial charge is 0.480 e. The van der Waals surface area contributed by atoms with E-state index in [0.717, 1.165) is 0 Å². The third kappa shape index (κ3) is 3.70. The maximum atomic E-state index is 8.38. The zero-order valence-electron chi connectivity index (χ0n) is 5.76. The number of hydrogen-bond donors (Lipinski definition) is 3. The van der Waals surface area contributed by atoms with Gasteiger partial charge in [-0.2, -0.15) is 0 Å². The highest BCUT2D eigenvalue weighted by molar-refractivity contribution is 4.95. The first-order valence-electron chi connectivity index (χ1n) is 2.90. The van der Waals surface area contributed by atoms with Gasteiger partial charge in [0.2, 0.25) is 0 Å². The molecule has 4 N–H and O–H groups in total. The van der Waals surface area contributed by atoms with E-state index in [1.807, 2.05) is 13.8 Å². The Kier molecular flexibility index (Phi) is 2.91. The molecule has 3 nitrogen and oxygen atoms in total. The molecule has 0 fully saturated rings. The molecule has 0 heterocycles. The summed E-state index contributed by atoms with van der Waals surface area (Å²) >= 11 is 0. The fourth-order valence-corrected chi connectivity index (χ4v) is 0.531. The number of rotatable bonds is 2. The maximum absolute atomic E-state index is 8.38. The minimum absolute atomic E-state index is 0.157. The second kappa shape index (κ2) is 3.22. The number of aliphatic hydroxyl groups excluding tert-OH is 1. The fraction of sp³-hybridized carbons (Fsp3) is 0.667. The molecule has 3 heteroatoms. The summed E-state index contributed by atoms with van der Waals surface area (Å²) in [5.74, 6) is -0.386. The quantitative estimate of drug-likeness (QED) is 0.494. The summed E-state index contributed by atoms with van der Waals surface area (Å²) in [6, 6.07) is 0. The lowest BCUT2D eigenvalue weighted by atomic mass is 10.1. The second-order valence-electron chi connectivity index (χ2n) is 2.45. The zero-order chi connectivity index (χ0) is 7.44. The van der Waals surface area contributed by atoms with Gasteiger partial charge in [0.25, 0.3) is 5.95 Å². The van der Waals surface area contributed by atoms with Gasteiger partial charge in [-0.15, -0.1) is 0 Å². The van der Waals surface area contributed by atoms with Crippen molar-refractivity contribution in [3.63, 3.8) is 0 Å². The van der Waals surface area contributed by atoms with Gasteiger partial charge in [0.1, 0.15) is 0 Å². The van der Waals surface area contributed by atoms with Crippen LogP contribution in [0.4, 0.5) is 0 Å². The van der Waals surface area contributed by atoms with Gasteiger partial charge >= 0.3 is 0 Å². The highest BCUT2D eigenvalue weighted by atomic mass is 16.5. The molecule has 0 unspecified atom stereocenters. The molecule has 0 amide bonds. The first kappa shape index (κ1) is 8.14. The molecule has 0 bridgehead atoms. The summed E-state index contributed by atoms with van der Waals surface area (Å²) < 4.78 is 0. The normalized spacial score (nSPS) is 9.67. The van der Waals surface area contributed by atoms with E-state index in [9.17, 15) is 0 Å². The van der Waals surface area contributed by atoms with Crippen molar-refractivity contribution in [1.29, 1.82) is 0 Å². The van der Waals surface area contributed by atoms with Crippen LogP contribution in [0.3, 0.4) is 0 Å². The molecule has 0 radical (unpaired) electrons. The van der Waals surface area contributed by atoms with Crippen LogP contribution in [0.15, 0.2) is 11.6 Å². The Balaban J connectivity index is 3.77. The molecule has 54 valence electrons. The zero-order valence-corrected chi connectivity index (χ0v) is 5.76. The Labute approximate surface area is 54.8 Å². The van der Waals surface area contributed by atoms with Crippen LogP contribution in [0.1, 0.15) is 20.3 Å². The van der Waals surface area contributed by atoms with Crippen LogP contribution in [0.25, 0.3) is 0 Å². The molecule has 0 atom stereocenters. The van der Waals surface area contributed by atoms with E-state index in [2.05, 4.69) is 0 Å². The lowest BCUT2D eigenvalue weighted by Crippen LogP contribution is -2.05. The predicted molar refractivity (Wildman–Crippen MR) is 35.9 cm³/mol. The second-order valence-corrected chi connectivity index (χ2v) is 2.45. The molecule has 0 spiro atoms. The molecule has 0 aliphatic rings. The first-order chi connectivity index (χ1) is 4.04. The first-order valence-corrected chi connectivity index (χ1v) is 2.90. The Hall–Kier alpha value is -0.860. The van der Waals surface area contributed by atoms with Crippen molar-refractivity contribution < 1.29 is 10.2 Å². The van der Waals surface area contributed by atoms with E-state index in [4.69, 9.17) is 15.9 Å². The van der Waals surface area contributed by atoms with Crippen molar-refractivity contribution >= 4 is 0 Å². The van der Waals surface area contributed by atoms with Gasteiger partial charge in [-0.25, -0.2) is 0 Å². The monoisotopic (exact) mass is 131 g/mol. The standard InChI is InChI=1S/C6H13NO2/c1-4(2)3-5(7)6(8)9/h4,8-9H,3,7H2,1-2H3. The fourth-order valence-electron chi connectivity index (χ4n) is 0.531. The third-order valence-electron chi connectivity index (χ3n) is 0.915. The van der Waals surface area contributed by atoms with Gasteiger partial charge in [0, 0.05) is 0 Å². The van der Waals surface area contributed by atoms with Crippen molar-refractivity contribution in [2.45, 2.75) is 20.3 Å². The van der Waals surface area contributed by atoms with Gasteiger partial charge in [0.15, 0.2) is 0 Å². The molecule has 0 aromatic heterocycles. The smallest absolute Gasteiger partial charge is 0.293 e. The van der Waals surface area contributed by atoms with Crippen molar-refractivity contribution in [2.24, 2.45) is 11.7 Å². The summed E-state index contributed by atoms with van der Waals surface area (Å²) in [6.45, 7) is 3.91. The van der Waals surface area contributed by atoms with Crippen LogP contribution in [0.5, 0.6) is 0 Å². The van der Waals surface area contributed by atoms with Crippen LogP contribution < -0.4 is 5.73 Å². The molecule has 0 saturated heterocycles. The molecule has 9 heavy (non-hydrogen) atoms. The molecule has 0 saturated carbocycles. The third-order valence-corrected chi connectivity index (χ3v) is 0.915.